The molecule has 1 rings (SSSR count). The van der Waals surface area contributed by atoms with Crippen LogP contribution in [0.4, 0.5) is 0 Å². The van der Waals surface area contributed by atoms with Crippen molar-refractivity contribution < 1.29 is 4.42 Å². The number of hydrogen-bond donors (Lipinski definition) is 1. The van der Waals surface area contributed by atoms with Crippen molar-refractivity contribution in [2.24, 2.45) is 11.3 Å². The lowest BCUT2D eigenvalue weighted by molar-refractivity contribution is 0.222. The van der Waals surface area contributed by atoms with Gasteiger partial charge in [-0.2, -0.15) is 0 Å². The third-order valence-corrected chi connectivity index (χ3v) is 3.67. The van der Waals surface area contributed by atoms with Crippen molar-refractivity contribution in [2.45, 2.75) is 53.5 Å². The van der Waals surface area contributed by atoms with E-state index >= 15 is 0 Å². The minimum atomic E-state index is 0.379. The zero-order valence-electron chi connectivity index (χ0n) is 11.9. The van der Waals surface area contributed by atoms with E-state index in [1.54, 1.807) is 6.26 Å². The Morgan fingerprint density at radius 2 is 2.06 bits per heavy atom. The molecule has 1 aromatic rings. The van der Waals surface area contributed by atoms with Gasteiger partial charge in [-0.3, -0.25) is 0 Å². The van der Waals surface area contributed by atoms with Gasteiger partial charge in [0, 0.05) is 6.04 Å². The molecule has 0 saturated carbocycles. The van der Waals surface area contributed by atoms with Crippen molar-refractivity contribution in [3.8, 4) is 0 Å². The molecule has 1 heterocycles. The zero-order chi connectivity index (χ0) is 12.9. The monoisotopic (exact) mass is 237 g/mol. The highest BCUT2D eigenvalue weighted by molar-refractivity contribution is 5.07. The van der Waals surface area contributed by atoms with Crippen LogP contribution in [0, 0.1) is 11.3 Å². The van der Waals surface area contributed by atoms with Crippen molar-refractivity contribution in [3.63, 3.8) is 0 Å². The van der Waals surface area contributed by atoms with Gasteiger partial charge in [0.1, 0.15) is 0 Å². The second-order valence-corrected chi connectivity index (χ2v) is 6.09. The summed E-state index contributed by atoms with van der Waals surface area (Å²) in [4.78, 5) is 0. The zero-order valence-corrected chi connectivity index (χ0v) is 11.9. The molecule has 0 aliphatic heterocycles. The van der Waals surface area contributed by atoms with Gasteiger partial charge < -0.3 is 9.73 Å². The standard InChI is InChI=1S/C15H27NO/c1-6-16-14(9-12(2)15(3,4)5)10-13-7-8-17-11-13/h7-8,11-12,14,16H,6,9-10H2,1-5H3. The molecule has 2 atom stereocenters. The van der Waals surface area contributed by atoms with Gasteiger partial charge in [-0.05, 0) is 42.3 Å². The van der Waals surface area contributed by atoms with E-state index in [1.165, 1.54) is 12.0 Å². The minimum Gasteiger partial charge on any atom is -0.472 e. The van der Waals surface area contributed by atoms with Gasteiger partial charge in [0.2, 0.25) is 0 Å². The Kier molecular flexibility index (Phi) is 5.26. The second-order valence-electron chi connectivity index (χ2n) is 6.09. The Bertz CT molecular complexity index is 297. The third kappa shape index (κ3) is 4.95. The van der Waals surface area contributed by atoms with Gasteiger partial charge in [-0.25, -0.2) is 0 Å². The SMILES string of the molecule is CCNC(Cc1ccoc1)CC(C)C(C)(C)C. The van der Waals surface area contributed by atoms with E-state index in [2.05, 4.69) is 46.0 Å². The molecule has 0 spiro atoms. The molecule has 0 aromatic carbocycles. The summed E-state index contributed by atoms with van der Waals surface area (Å²) in [6, 6.07) is 2.61. The van der Waals surface area contributed by atoms with Crippen LogP contribution in [0.25, 0.3) is 0 Å². The molecule has 0 aliphatic carbocycles. The van der Waals surface area contributed by atoms with Crippen molar-refractivity contribution >= 4 is 0 Å². The van der Waals surface area contributed by atoms with E-state index in [4.69, 9.17) is 4.42 Å². The number of hydrogen-bond acceptors (Lipinski definition) is 2. The lowest BCUT2D eigenvalue weighted by Crippen LogP contribution is -2.35. The van der Waals surface area contributed by atoms with Gasteiger partial charge >= 0.3 is 0 Å². The lowest BCUT2D eigenvalue weighted by atomic mass is 9.78. The van der Waals surface area contributed by atoms with Crippen LogP contribution < -0.4 is 5.32 Å². The smallest absolute Gasteiger partial charge is 0.0935 e. The summed E-state index contributed by atoms with van der Waals surface area (Å²) in [5, 5.41) is 3.58. The first-order valence-electron chi connectivity index (χ1n) is 6.68. The molecule has 0 saturated heterocycles. The quantitative estimate of drug-likeness (QED) is 0.812. The van der Waals surface area contributed by atoms with E-state index in [0.717, 1.165) is 13.0 Å². The Morgan fingerprint density at radius 3 is 2.53 bits per heavy atom. The van der Waals surface area contributed by atoms with Crippen LogP contribution in [-0.2, 0) is 6.42 Å². The number of rotatable bonds is 6. The fraction of sp³-hybridized carbons (Fsp3) is 0.733. The van der Waals surface area contributed by atoms with Gasteiger partial charge in [-0.15, -0.1) is 0 Å². The van der Waals surface area contributed by atoms with Crippen molar-refractivity contribution in [2.75, 3.05) is 6.54 Å². The van der Waals surface area contributed by atoms with Crippen LogP contribution >= 0.6 is 0 Å². The Balaban J connectivity index is 2.54. The van der Waals surface area contributed by atoms with Crippen molar-refractivity contribution in [3.05, 3.63) is 24.2 Å². The average molecular weight is 237 g/mol. The van der Waals surface area contributed by atoms with Crippen LogP contribution in [0.15, 0.2) is 23.0 Å². The minimum absolute atomic E-state index is 0.379. The molecular formula is C15H27NO. The van der Waals surface area contributed by atoms with Gasteiger partial charge in [0.25, 0.3) is 0 Å². The molecule has 2 unspecified atom stereocenters. The second kappa shape index (κ2) is 6.25. The predicted molar refractivity (Wildman–Crippen MR) is 73.1 cm³/mol. The molecule has 98 valence electrons. The fourth-order valence-corrected chi connectivity index (χ4v) is 2.00. The normalized spacial score (nSPS) is 15.8. The van der Waals surface area contributed by atoms with Gasteiger partial charge in [-0.1, -0.05) is 34.6 Å². The van der Waals surface area contributed by atoms with Crippen molar-refractivity contribution in [1.82, 2.24) is 5.32 Å². The fourth-order valence-electron chi connectivity index (χ4n) is 2.00. The van der Waals surface area contributed by atoms with Crippen LogP contribution in [-0.4, -0.2) is 12.6 Å². The Labute approximate surface area is 106 Å². The van der Waals surface area contributed by atoms with E-state index < -0.39 is 0 Å². The summed E-state index contributed by atoms with van der Waals surface area (Å²) in [7, 11) is 0. The summed E-state index contributed by atoms with van der Waals surface area (Å²) in [5.41, 5.74) is 1.67. The van der Waals surface area contributed by atoms with Gasteiger partial charge in [0.15, 0.2) is 0 Å². The first-order valence-corrected chi connectivity index (χ1v) is 6.68. The van der Waals surface area contributed by atoms with E-state index in [9.17, 15) is 0 Å². The summed E-state index contributed by atoms with van der Waals surface area (Å²) < 4.78 is 5.14. The van der Waals surface area contributed by atoms with Crippen LogP contribution in [0.2, 0.25) is 0 Å². The van der Waals surface area contributed by atoms with E-state index in [-0.39, 0.29) is 0 Å². The molecule has 17 heavy (non-hydrogen) atoms. The molecular weight excluding hydrogens is 210 g/mol. The molecule has 2 heteroatoms. The molecule has 0 amide bonds. The van der Waals surface area contributed by atoms with Crippen LogP contribution in [0.1, 0.15) is 46.6 Å². The summed E-state index contributed by atoms with van der Waals surface area (Å²) in [6.45, 7) is 12.5. The average Bonchev–Trinajstić information content (AvgIpc) is 2.69. The topological polar surface area (TPSA) is 25.2 Å². The van der Waals surface area contributed by atoms with Crippen LogP contribution in [0.3, 0.4) is 0 Å². The Hall–Kier alpha value is -0.760. The number of furan rings is 1. The van der Waals surface area contributed by atoms with E-state index in [1.807, 2.05) is 6.26 Å². The Morgan fingerprint density at radius 1 is 1.35 bits per heavy atom. The molecule has 1 aromatic heterocycles. The highest BCUT2D eigenvalue weighted by Crippen LogP contribution is 2.29. The molecule has 0 radical (unpaired) electrons. The third-order valence-electron chi connectivity index (χ3n) is 3.67. The van der Waals surface area contributed by atoms with Crippen LogP contribution in [0.5, 0.6) is 0 Å². The highest BCUT2D eigenvalue weighted by Gasteiger charge is 2.23. The number of likely N-dealkylation sites (N-methyl/N-ethyl adjacent to an activating group) is 1. The van der Waals surface area contributed by atoms with E-state index in [0.29, 0.717) is 17.4 Å². The van der Waals surface area contributed by atoms with Crippen molar-refractivity contribution in [1.29, 1.82) is 0 Å². The number of nitrogens with one attached hydrogen (secondary N) is 1. The highest BCUT2D eigenvalue weighted by atomic mass is 16.3. The maximum absolute atomic E-state index is 5.14. The molecule has 2 nitrogen and oxygen atoms in total. The first kappa shape index (κ1) is 14.3. The summed E-state index contributed by atoms with van der Waals surface area (Å²) in [5.74, 6) is 0.707. The summed E-state index contributed by atoms with van der Waals surface area (Å²) >= 11 is 0. The first-order chi connectivity index (χ1) is 7.93. The predicted octanol–water partition coefficient (Wildman–Crippen LogP) is 3.87. The molecule has 0 aliphatic rings. The molecule has 0 bridgehead atoms. The lowest BCUT2D eigenvalue weighted by Gasteiger charge is -2.31. The largest absolute Gasteiger partial charge is 0.472 e. The maximum atomic E-state index is 5.14. The molecule has 1 N–H and O–H groups in total. The maximum Gasteiger partial charge on any atom is 0.0935 e. The van der Waals surface area contributed by atoms with Gasteiger partial charge in [0.05, 0.1) is 12.5 Å². The molecule has 0 fully saturated rings. The summed E-state index contributed by atoms with van der Waals surface area (Å²) in [6.07, 6.45) is 5.88.